The lowest BCUT2D eigenvalue weighted by molar-refractivity contribution is -0.159. The topological polar surface area (TPSA) is 113 Å². The van der Waals surface area contributed by atoms with Crippen molar-refractivity contribution in [3.8, 4) is 0 Å². The van der Waals surface area contributed by atoms with Gasteiger partial charge in [-0.2, -0.15) is 0 Å². The zero-order valence-electron chi connectivity index (χ0n) is 50.4. The van der Waals surface area contributed by atoms with Gasteiger partial charge in [0.05, 0.1) is 32.7 Å². The first-order valence-electron chi connectivity index (χ1n) is 33.1. The van der Waals surface area contributed by atoms with Crippen LogP contribution in [0, 0.1) is 5.92 Å². The molecule has 2 unspecified atom stereocenters. The number of ether oxygens (including phenoxy) is 6. The van der Waals surface area contributed by atoms with E-state index in [-0.39, 0.29) is 31.1 Å². The number of β-amino-alcohol motifs (C(OH)–C–C–N with tert-alkyl or cyclic N) is 1. The van der Waals surface area contributed by atoms with E-state index in [4.69, 9.17) is 28.4 Å². The molecule has 75 heavy (non-hydrogen) atoms. The highest BCUT2D eigenvalue weighted by molar-refractivity contribution is 5.69. The van der Waals surface area contributed by atoms with Gasteiger partial charge >= 0.3 is 11.9 Å². The molecule has 2 atom stereocenters. The molecular formula is C65H127NO9. The third kappa shape index (κ3) is 48.3. The van der Waals surface area contributed by atoms with E-state index in [0.717, 1.165) is 76.8 Å². The van der Waals surface area contributed by atoms with E-state index < -0.39 is 0 Å². The molecule has 0 amide bonds. The van der Waals surface area contributed by atoms with Gasteiger partial charge in [-0.05, 0) is 70.3 Å². The Morgan fingerprint density at radius 3 is 1.07 bits per heavy atom. The van der Waals surface area contributed by atoms with Crippen LogP contribution in [0.25, 0.3) is 0 Å². The number of hydrogen-bond donors (Lipinski definition) is 1. The molecule has 1 aliphatic rings. The molecule has 1 rings (SSSR count). The fourth-order valence-corrected chi connectivity index (χ4v) is 10.8. The molecule has 0 radical (unpaired) electrons. The maximum Gasteiger partial charge on any atom is 0.305 e. The van der Waals surface area contributed by atoms with E-state index in [1.54, 1.807) is 0 Å². The Morgan fingerprint density at radius 1 is 0.413 bits per heavy atom. The number of carbonyl (C=O) groups is 2. The van der Waals surface area contributed by atoms with E-state index >= 15 is 0 Å². The standard InChI is InChI=1S/C65H127NO9/c1-5-9-13-17-21-29-39-55-72-64(73-56-40-30-22-18-14-10-6-2)47-45-62(68)70-53-37-33-25-27-35-43-60-49-50-66(51-52-67)61(59-60)44-36-28-26-34-38-54-71-63(69)46-48-65(74-57-41-31-23-19-15-11-7-3)75-58-42-32-24-20-16-12-8-4/h60-61,64-65,67H,5-59H2,1-4H3. The van der Waals surface area contributed by atoms with E-state index in [0.29, 0.717) is 71.4 Å². The minimum atomic E-state index is -0.322. The van der Waals surface area contributed by atoms with Gasteiger partial charge < -0.3 is 33.5 Å². The van der Waals surface area contributed by atoms with Crippen molar-refractivity contribution < 1.29 is 43.1 Å². The van der Waals surface area contributed by atoms with Crippen LogP contribution in [0.2, 0.25) is 0 Å². The van der Waals surface area contributed by atoms with Crippen LogP contribution in [-0.2, 0) is 38.0 Å². The molecular weight excluding hydrogens is 939 g/mol. The minimum absolute atomic E-state index is 0.131. The predicted octanol–water partition coefficient (Wildman–Crippen LogP) is 18.1. The molecule has 1 aliphatic heterocycles. The Labute approximate surface area is 465 Å². The number of nitrogens with zero attached hydrogens (tertiary/aromatic N) is 1. The Hall–Kier alpha value is -1.30. The molecule has 0 saturated carbocycles. The average molecular weight is 1070 g/mol. The molecule has 1 saturated heterocycles. The second-order valence-corrected chi connectivity index (χ2v) is 22.8. The maximum atomic E-state index is 12.7. The predicted molar refractivity (Wildman–Crippen MR) is 314 cm³/mol. The molecule has 1 heterocycles. The third-order valence-corrected chi connectivity index (χ3v) is 15.7. The summed E-state index contributed by atoms with van der Waals surface area (Å²) in [4.78, 5) is 27.9. The molecule has 0 spiro atoms. The monoisotopic (exact) mass is 1070 g/mol. The van der Waals surface area contributed by atoms with Crippen molar-refractivity contribution in [3.63, 3.8) is 0 Å². The fraction of sp³-hybridized carbons (Fsp3) is 0.969. The van der Waals surface area contributed by atoms with E-state index in [1.165, 1.54) is 212 Å². The van der Waals surface area contributed by atoms with Crippen LogP contribution >= 0.6 is 0 Å². The highest BCUT2D eigenvalue weighted by atomic mass is 16.7. The minimum Gasteiger partial charge on any atom is -0.466 e. The van der Waals surface area contributed by atoms with Crippen molar-refractivity contribution in [1.82, 2.24) is 4.90 Å². The fourth-order valence-electron chi connectivity index (χ4n) is 10.8. The number of likely N-dealkylation sites (tertiary alicyclic amines) is 1. The Morgan fingerprint density at radius 2 is 0.720 bits per heavy atom. The summed E-state index contributed by atoms with van der Waals surface area (Å²) >= 11 is 0. The number of rotatable bonds is 60. The van der Waals surface area contributed by atoms with Crippen LogP contribution in [-0.4, -0.2) is 99.9 Å². The molecule has 1 fully saturated rings. The Kier molecular flexibility index (Phi) is 54.9. The Balaban J connectivity index is 2.25. The molecule has 10 heteroatoms. The van der Waals surface area contributed by atoms with Crippen molar-refractivity contribution in [3.05, 3.63) is 0 Å². The van der Waals surface area contributed by atoms with Crippen molar-refractivity contribution in [1.29, 1.82) is 0 Å². The lowest BCUT2D eigenvalue weighted by Gasteiger charge is -2.39. The number of carbonyl (C=O) groups excluding carboxylic acids is 2. The largest absolute Gasteiger partial charge is 0.466 e. The summed E-state index contributed by atoms with van der Waals surface area (Å²) in [6.07, 6.45) is 52.5. The van der Waals surface area contributed by atoms with Crippen molar-refractivity contribution in [2.75, 3.05) is 59.3 Å². The molecule has 1 N–H and O–H groups in total. The van der Waals surface area contributed by atoms with Crippen LogP contribution in [0.1, 0.15) is 323 Å². The maximum absolute atomic E-state index is 12.7. The number of unbranched alkanes of at least 4 members (excludes halogenated alkanes) is 32. The number of esters is 2. The highest BCUT2D eigenvalue weighted by Gasteiger charge is 2.27. The quantitative estimate of drug-likeness (QED) is 0.0359. The number of hydrogen-bond acceptors (Lipinski definition) is 10. The number of aliphatic hydroxyl groups is 1. The summed E-state index contributed by atoms with van der Waals surface area (Å²) < 4.78 is 35.9. The molecule has 0 aromatic carbocycles. The number of piperidine rings is 1. The second-order valence-electron chi connectivity index (χ2n) is 22.8. The molecule has 0 bridgehead atoms. The van der Waals surface area contributed by atoms with Gasteiger partial charge in [0.15, 0.2) is 12.6 Å². The zero-order valence-corrected chi connectivity index (χ0v) is 50.4. The third-order valence-electron chi connectivity index (χ3n) is 15.7. The Bertz CT molecular complexity index is 1140. The zero-order chi connectivity index (χ0) is 54.2. The summed E-state index contributed by atoms with van der Waals surface area (Å²) in [5, 5.41) is 9.80. The van der Waals surface area contributed by atoms with Gasteiger partial charge in [0, 0.05) is 51.9 Å². The molecule has 0 aliphatic carbocycles. The summed E-state index contributed by atoms with van der Waals surface area (Å²) in [5.41, 5.74) is 0. The second kappa shape index (κ2) is 57.4. The van der Waals surface area contributed by atoms with Gasteiger partial charge in [0.25, 0.3) is 0 Å². The normalized spacial score (nSPS) is 15.2. The van der Waals surface area contributed by atoms with Crippen LogP contribution in [0.15, 0.2) is 0 Å². The van der Waals surface area contributed by atoms with E-state index in [1.807, 2.05) is 0 Å². The first-order valence-corrected chi connectivity index (χ1v) is 33.1. The van der Waals surface area contributed by atoms with Gasteiger partial charge in [0.2, 0.25) is 0 Å². The SMILES string of the molecule is CCCCCCCCCOC(CCC(=O)OCCCCCCCC1CCN(CCO)C(CCCCCCCOC(=O)CCC(OCCCCCCCCC)OCCCCCCCCC)C1)OCCCCCCCCC. The average Bonchev–Trinajstić information content (AvgIpc) is 3.41. The summed E-state index contributed by atoms with van der Waals surface area (Å²) in [6, 6.07) is 0.568. The van der Waals surface area contributed by atoms with Crippen LogP contribution in [0.3, 0.4) is 0 Å². The summed E-state index contributed by atoms with van der Waals surface area (Å²) in [7, 11) is 0. The smallest absolute Gasteiger partial charge is 0.305 e. The number of aliphatic hydroxyl groups excluding tert-OH is 1. The lowest BCUT2D eigenvalue weighted by Crippen LogP contribution is -2.43. The van der Waals surface area contributed by atoms with E-state index in [2.05, 4.69) is 32.6 Å². The van der Waals surface area contributed by atoms with Crippen molar-refractivity contribution >= 4 is 11.9 Å². The van der Waals surface area contributed by atoms with Gasteiger partial charge in [-0.1, -0.05) is 240 Å². The van der Waals surface area contributed by atoms with Crippen LogP contribution < -0.4 is 0 Å². The molecule has 0 aromatic rings. The van der Waals surface area contributed by atoms with Crippen molar-refractivity contribution in [2.45, 2.75) is 342 Å². The lowest BCUT2D eigenvalue weighted by atomic mass is 9.84. The van der Waals surface area contributed by atoms with E-state index in [9.17, 15) is 14.7 Å². The molecule has 446 valence electrons. The molecule has 10 nitrogen and oxygen atoms in total. The van der Waals surface area contributed by atoms with Crippen molar-refractivity contribution in [2.24, 2.45) is 5.92 Å². The molecule has 0 aromatic heterocycles. The summed E-state index contributed by atoms with van der Waals surface area (Å²) in [5.74, 6) is 0.503. The first-order chi connectivity index (χ1) is 37.0. The van der Waals surface area contributed by atoms with Gasteiger partial charge in [-0.3, -0.25) is 14.5 Å². The van der Waals surface area contributed by atoms with Gasteiger partial charge in [0.1, 0.15) is 0 Å². The summed E-state index contributed by atoms with van der Waals surface area (Å²) in [6.45, 7) is 14.9. The van der Waals surface area contributed by atoms with Gasteiger partial charge in [-0.15, -0.1) is 0 Å². The highest BCUT2D eigenvalue weighted by Crippen LogP contribution is 2.30. The van der Waals surface area contributed by atoms with Crippen LogP contribution in [0.5, 0.6) is 0 Å². The van der Waals surface area contributed by atoms with Crippen LogP contribution in [0.4, 0.5) is 0 Å². The first kappa shape index (κ1) is 71.7. The van der Waals surface area contributed by atoms with Gasteiger partial charge in [-0.25, -0.2) is 0 Å².